The Morgan fingerprint density at radius 3 is 2.29 bits per heavy atom. The van der Waals surface area contributed by atoms with Crippen LogP contribution in [0.4, 0.5) is 5.69 Å². The zero-order chi connectivity index (χ0) is 19.8. The Bertz CT molecular complexity index is 1230. The molecular weight excluding hydrogens is 348 g/mol. The number of benzene rings is 2. The number of amides is 1. The SMILES string of the molecule is Cc1ccc(N2C(=O)c3c4c(nc5ccc(C)cc35)C(=O)C(C)(C)C=C42)cc1. The van der Waals surface area contributed by atoms with Crippen molar-refractivity contribution in [3.05, 3.63) is 76.5 Å². The van der Waals surface area contributed by atoms with Crippen LogP contribution in [0, 0.1) is 19.3 Å². The highest BCUT2D eigenvalue weighted by Gasteiger charge is 2.45. The molecule has 0 radical (unpaired) electrons. The molecule has 0 fully saturated rings. The van der Waals surface area contributed by atoms with Crippen LogP contribution in [0.1, 0.15) is 51.4 Å². The van der Waals surface area contributed by atoms with Gasteiger partial charge in [0.25, 0.3) is 5.91 Å². The van der Waals surface area contributed by atoms with E-state index in [1.54, 1.807) is 4.90 Å². The monoisotopic (exact) mass is 368 g/mol. The summed E-state index contributed by atoms with van der Waals surface area (Å²) < 4.78 is 0. The van der Waals surface area contributed by atoms with Crippen molar-refractivity contribution in [2.75, 3.05) is 4.90 Å². The highest BCUT2D eigenvalue weighted by Crippen LogP contribution is 2.47. The summed E-state index contributed by atoms with van der Waals surface area (Å²) in [6.45, 7) is 7.77. The second-order valence-electron chi connectivity index (χ2n) is 8.29. The minimum atomic E-state index is -0.724. The summed E-state index contributed by atoms with van der Waals surface area (Å²) in [5.41, 5.74) is 5.37. The number of aromatic nitrogens is 1. The van der Waals surface area contributed by atoms with Crippen LogP contribution in [-0.2, 0) is 0 Å². The van der Waals surface area contributed by atoms with E-state index >= 15 is 0 Å². The third-order valence-corrected chi connectivity index (χ3v) is 5.64. The fraction of sp³-hybridized carbons (Fsp3) is 0.208. The van der Waals surface area contributed by atoms with Crippen LogP contribution in [0.2, 0.25) is 0 Å². The lowest BCUT2D eigenvalue weighted by Gasteiger charge is -2.28. The number of carbonyl (C=O) groups is 2. The van der Waals surface area contributed by atoms with Gasteiger partial charge < -0.3 is 0 Å². The fourth-order valence-electron chi connectivity index (χ4n) is 4.15. The molecule has 28 heavy (non-hydrogen) atoms. The molecule has 5 rings (SSSR count). The molecular formula is C24H20N2O2. The summed E-state index contributed by atoms with van der Waals surface area (Å²) >= 11 is 0. The standard InChI is InChI=1S/C24H20N2O2/c1-13-5-8-15(9-6-13)26-18-12-24(3,4)22(27)21-20(18)19(23(26)28)16-11-14(2)7-10-17(16)25-21/h5-12H,1-4H3. The zero-order valence-corrected chi connectivity index (χ0v) is 16.3. The fourth-order valence-corrected chi connectivity index (χ4v) is 4.15. The Kier molecular flexibility index (Phi) is 3.24. The topological polar surface area (TPSA) is 50.3 Å². The number of aryl methyl sites for hydroxylation is 2. The minimum absolute atomic E-state index is 0.0477. The number of pyridine rings is 1. The summed E-state index contributed by atoms with van der Waals surface area (Å²) in [5.74, 6) is -0.150. The van der Waals surface area contributed by atoms with E-state index in [9.17, 15) is 9.59 Å². The molecule has 138 valence electrons. The second-order valence-corrected chi connectivity index (χ2v) is 8.29. The van der Waals surface area contributed by atoms with Crippen molar-refractivity contribution in [3.8, 4) is 0 Å². The maximum Gasteiger partial charge on any atom is 0.264 e. The van der Waals surface area contributed by atoms with Gasteiger partial charge in [-0.25, -0.2) is 4.98 Å². The van der Waals surface area contributed by atoms with Crippen molar-refractivity contribution >= 4 is 34.0 Å². The van der Waals surface area contributed by atoms with E-state index in [1.807, 2.05) is 76.2 Å². The van der Waals surface area contributed by atoms with E-state index < -0.39 is 5.41 Å². The Balaban J connectivity index is 1.88. The van der Waals surface area contributed by atoms with Crippen LogP contribution in [0.25, 0.3) is 16.6 Å². The molecule has 0 saturated heterocycles. The average molecular weight is 368 g/mol. The number of ketones is 1. The Hall–Kier alpha value is -3.27. The molecule has 4 nitrogen and oxygen atoms in total. The van der Waals surface area contributed by atoms with E-state index in [0.717, 1.165) is 27.9 Å². The normalized spacial score (nSPS) is 17.1. The summed E-state index contributed by atoms with van der Waals surface area (Å²) in [7, 11) is 0. The molecule has 1 aliphatic carbocycles. The number of allylic oxidation sites excluding steroid dienone is 1. The van der Waals surface area contributed by atoms with E-state index in [2.05, 4.69) is 0 Å². The highest BCUT2D eigenvalue weighted by atomic mass is 16.2. The molecule has 1 aliphatic heterocycles. The maximum atomic E-state index is 13.6. The van der Waals surface area contributed by atoms with E-state index in [-0.39, 0.29) is 11.7 Å². The van der Waals surface area contributed by atoms with Crippen LogP contribution in [-0.4, -0.2) is 16.7 Å². The molecule has 1 amide bonds. The Morgan fingerprint density at radius 2 is 1.57 bits per heavy atom. The third-order valence-electron chi connectivity index (χ3n) is 5.64. The quantitative estimate of drug-likeness (QED) is 0.602. The summed E-state index contributed by atoms with van der Waals surface area (Å²) in [6, 6.07) is 13.7. The van der Waals surface area contributed by atoms with Gasteiger partial charge in [-0.15, -0.1) is 0 Å². The third kappa shape index (κ3) is 2.15. The molecule has 2 aromatic carbocycles. The number of nitrogens with zero attached hydrogens (tertiary/aromatic N) is 2. The molecule has 0 bridgehead atoms. The van der Waals surface area contributed by atoms with Crippen LogP contribution < -0.4 is 4.90 Å². The van der Waals surface area contributed by atoms with E-state index in [4.69, 9.17) is 4.98 Å². The van der Waals surface area contributed by atoms with Crippen molar-refractivity contribution in [1.82, 2.24) is 4.98 Å². The summed E-state index contributed by atoms with van der Waals surface area (Å²) in [5, 5.41) is 0.803. The molecule has 0 atom stereocenters. The van der Waals surface area contributed by atoms with Gasteiger partial charge in [-0.1, -0.05) is 29.3 Å². The predicted molar refractivity (Wildman–Crippen MR) is 111 cm³/mol. The van der Waals surface area contributed by atoms with Crippen molar-refractivity contribution in [1.29, 1.82) is 0 Å². The number of fused-ring (bicyclic) bond motifs is 2. The van der Waals surface area contributed by atoms with Gasteiger partial charge in [-0.3, -0.25) is 14.5 Å². The number of anilines is 1. The van der Waals surface area contributed by atoms with Gasteiger partial charge in [-0.05, 0) is 58.0 Å². The lowest BCUT2D eigenvalue weighted by molar-refractivity contribution is 0.0877. The predicted octanol–water partition coefficient (Wildman–Crippen LogP) is 5.08. The first kappa shape index (κ1) is 16.9. The largest absolute Gasteiger partial charge is 0.291 e. The van der Waals surface area contributed by atoms with Gasteiger partial charge in [0.2, 0.25) is 0 Å². The average Bonchev–Trinajstić information content (AvgIpc) is 2.93. The molecule has 0 N–H and O–H groups in total. The maximum absolute atomic E-state index is 13.6. The Morgan fingerprint density at radius 1 is 0.893 bits per heavy atom. The molecule has 2 aliphatic rings. The van der Waals surface area contributed by atoms with Gasteiger partial charge in [-0.2, -0.15) is 0 Å². The van der Waals surface area contributed by atoms with E-state index in [1.165, 1.54) is 0 Å². The minimum Gasteiger partial charge on any atom is -0.291 e. The number of hydrogen-bond donors (Lipinski definition) is 0. The first-order chi connectivity index (χ1) is 13.3. The van der Waals surface area contributed by atoms with Gasteiger partial charge in [0.1, 0.15) is 5.69 Å². The van der Waals surface area contributed by atoms with Crippen molar-refractivity contribution < 1.29 is 9.59 Å². The molecule has 0 saturated carbocycles. The molecule has 4 heteroatoms. The molecule has 3 aromatic rings. The Labute approximate surface area is 163 Å². The molecule has 0 unspecified atom stereocenters. The van der Waals surface area contributed by atoms with Gasteiger partial charge in [0, 0.05) is 22.1 Å². The van der Waals surface area contributed by atoms with Crippen LogP contribution in [0.15, 0.2) is 48.5 Å². The number of Topliss-reactive ketones (excluding diaryl/α,β-unsaturated/α-hetero) is 1. The number of hydrogen-bond acceptors (Lipinski definition) is 3. The van der Waals surface area contributed by atoms with Crippen molar-refractivity contribution in [3.63, 3.8) is 0 Å². The number of carbonyl (C=O) groups excluding carboxylic acids is 2. The van der Waals surface area contributed by atoms with Crippen LogP contribution >= 0.6 is 0 Å². The zero-order valence-electron chi connectivity index (χ0n) is 16.3. The van der Waals surface area contributed by atoms with Crippen molar-refractivity contribution in [2.45, 2.75) is 27.7 Å². The highest BCUT2D eigenvalue weighted by molar-refractivity contribution is 6.30. The first-order valence-corrected chi connectivity index (χ1v) is 9.41. The summed E-state index contributed by atoms with van der Waals surface area (Å²) in [6.07, 6.45) is 1.91. The van der Waals surface area contributed by atoms with E-state index in [0.29, 0.717) is 22.3 Å². The second kappa shape index (κ2) is 5.38. The lowest BCUT2D eigenvalue weighted by Crippen LogP contribution is -2.30. The van der Waals surface area contributed by atoms with Crippen molar-refractivity contribution in [2.24, 2.45) is 5.41 Å². The van der Waals surface area contributed by atoms with Crippen LogP contribution in [0.3, 0.4) is 0 Å². The summed E-state index contributed by atoms with van der Waals surface area (Å²) in [4.78, 5) is 33.2. The first-order valence-electron chi connectivity index (χ1n) is 9.41. The molecule has 0 spiro atoms. The lowest BCUT2D eigenvalue weighted by atomic mass is 9.78. The molecule has 1 aromatic heterocycles. The molecule has 2 heterocycles. The van der Waals surface area contributed by atoms with Crippen LogP contribution in [0.5, 0.6) is 0 Å². The van der Waals surface area contributed by atoms with Gasteiger partial charge >= 0.3 is 0 Å². The van der Waals surface area contributed by atoms with Gasteiger partial charge in [0.15, 0.2) is 5.78 Å². The smallest absolute Gasteiger partial charge is 0.264 e. The van der Waals surface area contributed by atoms with Gasteiger partial charge in [0.05, 0.1) is 16.8 Å². The number of rotatable bonds is 1.